The average Bonchev–Trinajstić information content (AvgIpc) is 1.87. The van der Waals surface area contributed by atoms with Crippen molar-refractivity contribution in [2.45, 2.75) is 18.9 Å². The number of carboxylic acids is 1. The van der Waals surface area contributed by atoms with Crippen LogP contribution in [0.4, 0.5) is 0 Å². The number of carboxylic acid groups (broad SMARTS) is 1. The highest BCUT2D eigenvalue weighted by Gasteiger charge is 2.17. The zero-order chi connectivity index (χ0) is 8.85. The Kier molecular flexibility index (Phi) is 4.21. The summed E-state index contributed by atoms with van der Waals surface area (Å²) in [6.45, 7) is 0. The van der Waals surface area contributed by atoms with Crippen molar-refractivity contribution in [3.05, 3.63) is 0 Å². The third-order valence-corrected chi connectivity index (χ3v) is 1.28. The summed E-state index contributed by atoms with van der Waals surface area (Å²) in [5.74, 6) is -2.28. The Balaban J connectivity index is 3.70. The van der Waals surface area contributed by atoms with Gasteiger partial charge in [0, 0.05) is 6.42 Å². The fraction of sp³-hybridized carbons (Fsp3) is 0.667. The third-order valence-electron chi connectivity index (χ3n) is 1.28. The van der Waals surface area contributed by atoms with Gasteiger partial charge in [0.2, 0.25) is 0 Å². The number of carbonyl (C=O) groups excluding carboxylic acids is 1. The van der Waals surface area contributed by atoms with Gasteiger partial charge in [-0.25, -0.2) is 9.90 Å². The second-order valence-corrected chi connectivity index (χ2v) is 2.09. The van der Waals surface area contributed by atoms with Gasteiger partial charge in [0.1, 0.15) is 6.04 Å². The maximum atomic E-state index is 10.2. The molecule has 63 valence electrons. The summed E-state index contributed by atoms with van der Waals surface area (Å²) in [4.78, 5) is 20.2. The fourth-order valence-corrected chi connectivity index (χ4v) is 0.648. The molecule has 0 saturated heterocycles. The van der Waals surface area contributed by atoms with Crippen LogP contribution in [0.15, 0.2) is 0 Å². The minimum Gasteiger partial charge on any atom is -0.481 e. The summed E-state index contributed by atoms with van der Waals surface area (Å²) in [5, 5.41) is 20.8. The molecule has 1 atom stereocenters. The Morgan fingerprint density at radius 3 is 2.36 bits per heavy atom. The van der Waals surface area contributed by atoms with Crippen molar-refractivity contribution in [3.8, 4) is 0 Å². The molecule has 0 aliphatic heterocycles. The molecular formula is C6H10NO4. The van der Waals surface area contributed by atoms with E-state index in [9.17, 15) is 14.7 Å². The van der Waals surface area contributed by atoms with Gasteiger partial charge in [0.05, 0.1) is 0 Å². The maximum Gasteiger partial charge on any atom is 0.372 e. The number of aliphatic carboxylic acids is 1. The Hall–Kier alpha value is -1.10. The molecule has 1 radical (unpaired) electrons. The predicted molar refractivity (Wildman–Crippen MR) is 35.4 cm³/mol. The molecule has 0 spiro atoms. The average molecular weight is 160 g/mol. The summed E-state index contributed by atoms with van der Waals surface area (Å²) in [6, 6.07) is -0.869. The number of nitrogens with one attached hydrogen (secondary N) is 1. The highest BCUT2D eigenvalue weighted by molar-refractivity contribution is 5.74. The van der Waals surface area contributed by atoms with Crippen molar-refractivity contribution in [3.63, 3.8) is 0 Å². The molecule has 0 aromatic carbocycles. The van der Waals surface area contributed by atoms with Gasteiger partial charge in [-0.15, -0.1) is 0 Å². The summed E-state index contributed by atoms with van der Waals surface area (Å²) in [6.07, 6.45) is -0.117. The molecule has 0 saturated carbocycles. The van der Waals surface area contributed by atoms with Gasteiger partial charge in [0.15, 0.2) is 0 Å². The van der Waals surface area contributed by atoms with Crippen LogP contribution in [0.2, 0.25) is 0 Å². The van der Waals surface area contributed by atoms with Crippen LogP contribution in [0.1, 0.15) is 12.8 Å². The van der Waals surface area contributed by atoms with Crippen LogP contribution in [0.5, 0.6) is 0 Å². The van der Waals surface area contributed by atoms with E-state index >= 15 is 0 Å². The molecule has 0 rings (SSSR count). The summed E-state index contributed by atoms with van der Waals surface area (Å²) in [5.41, 5.74) is 0. The molecule has 11 heavy (non-hydrogen) atoms. The molecule has 0 heterocycles. The largest absolute Gasteiger partial charge is 0.481 e. The zero-order valence-electron chi connectivity index (χ0n) is 6.16. The maximum absolute atomic E-state index is 10.2. The predicted octanol–water partition coefficient (Wildman–Crippen LogP) is -0.604. The van der Waals surface area contributed by atoms with Crippen LogP contribution in [0.3, 0.4) is 0 Å². The lowest BCUT2D eigenvalue weighted by Gasteiger charge is -2.06. The first-order chi connectivity index (χ1) is 5.07. The van der Waals surface area contributed by atoms with Gasteiger partial charge in [-0.05, 0) is 13.5 Å². The first kappa shape index (κ1) is 9.90. The van der Waals surface area contributed by atoms with Crippen LogP contribution >= 0.6 is 0 Å². The van der Waals surface area contributed by atoms with Crippen LogP contribution in [0.25, 0.3) is 0 Å². The van der Waals surface area contributed by atoms with Gasteiger partial charge in [-0.2, -0.15) is 0 Å². The third kappa shape index (κ3) is 4.32. The van der Waals surface area contributed by atoms with E-state index in [1.165, 1.54) is 7.05 Å². The lowest BCUT2D eigenvalue weighted by Crippen LogP contribution is -2.33. The van der Waals surface area contributed by atoms with Crippen molar-refractivity contribution in [1.82, 2.24) is 5.32 Å². The summed E-state index contributed by atoms with van der Waals surface area (Å²) in [7, 11) is 1.45. The Morgan fingerprint density at radius 2 is 2.09 bits per heavy atom. The fourth-order valence-electron chi connectivity index (χ4n) is 0.648. The molecule has 0 amide bonds. The van der Waals surface area contributed by atoms with Crippen LogP contribution in [-0.4, -0.2) is 30.1 Å². The summed E-state index contributed by atoms with van der Waals surface area (Å²) < 4.78 is 0. The van der Waals surface area contributed by atoms with Crippen LogP contribution in [-0.2, 0) is 14.7 Å². The zero-order valence-corrected chi connectivity index (χ0v) is 6.16. The molecule has 0 aliphatic rings. The van der Waals surface area contributed by atoms with Crippen molar-refractivity contribution in [2.75, 3.05) is 7.05 Å². The Morgan fingerprint density at radius 1 is 1.55 bits per heavy atom. The number of hydrogen-bond acceptors (Lipinski definition) is 3. The van der Waals surface area contributed by atoms with Crippen molar-refractivity contribution < 1.29 is 19.8 Å². The normalized spacial score (nSPS) is 12.5. The summed E-state index contributed by atoms with van der Waals surface area (Å²) >= 11 is 0. The Bertz CT molecular complexity index is 157. The molecule has 0 unspecified atom stereocenters. The van der Waals surface area contributed by atoms with Crippen molar-refractivity contribution >= 4 is 11.9 Å². The molecule has 0 fully saturated rings. The van der Waals surface area contributed by atoms with Crippen molar-refractivity contribution in [2.24, 2.45) is 0 Å². The van der Waals surface area contributed by atoms with E-state index in [4.69, 9.17) is 5.11 Å². The van der Waals surface area contributed by atoms with Gasteiger partial charge in [-0.1, -0.05) is 0 Å². The number of carbonyl (C=O) groups is 2. The molecular weight excluding hydrogens is 150 g/mol. The van der Waals surface area contributed by atoms with Gasteiger partial charge >= 0.3 is 11.9 Å². The highest BCUT2D eigenvalue weighted by atomic mass is 16.4. The first-order valence-electron chi connectivity index (χ1n) is 3.18. The van der Waals surface area contributed by atoms with Crippen molar-refractivity contribution in [1.29, 1.82) is 0 Å². The van der Waals surface area contributed by atoms with E-state index in [1.54, 1.807) is 0 Å². The lowest BCUT2D eigenvalue weighted by atomic mass is 10.1. The van der Waals surface area contributed by atoms with Gasteiger partial charge in [0.25, 0.3) is 0 Å². The minimum atomic E-state index is -1.27. The first-order valence-corrected chi connectivity index (χ1v) is 3.18. The molecule has 2 N–H and O–H groups in total. The van der Waals surface area contributed by atoms with Gasteiger partial charge in [-0.3, -0.25) is 4.79 Å². The van der Waals surface area contributed by atoms with Crippen LogP contribution < -0.4 is 5.32 Å². The van der Waals surface area contributed by atoms with E-state index < -0.39 is 18.0 Å². The SMILES string of the molecule is CN[C@@H](CCC(=O)O)C([O])=O. The van der Waals surface area contributed by atoms with E-state index in [0.717, 1.165) is 0 Å². The van der Waals surface area contributed by atoms with E-state index in [1.807, 2.05) is 0 Å². The standard InChI is InChI=1S/C6H10NO4/c1-7-4(6(10)11)2-3-5(8)9/h4,7H,2-3H2,1H3,(H,8,9)/t4-/m0/s1. The van der Waals surface area contributed by atoms with E-state index in [2.05, 4.69) is 5.32 Å². The molecule has 0 aromatic heterocycles. The number of likely N-dealkylation sites (N-methyl/N-ethyl adjacent to an activating group) is 1. The van der Waals surface area contributed by atoms with E-state index in [-0.39, 0.29) is 12.8 Å². The molecule has 0 aliphatic carbocycles. The van der Waals surface area contributed by atoms with E-state index in [0.29, 0.717) is 0 Å². The quantitative estimate of drug-likeness (QED) is 0.562. The minimum absolute atomic E-state index is 0.0498. The Labute approximate surface area is 64.0 Å². The van der Waals surface area contributed by atoms with Gasteiger partial charge < -0.3 is 10.4 Å². The molecule has 5 nitrogen and oxygen atoms in total. The topological polar surface area (TPSA) is 86.3 Å². The second kappa shape index (κ2) is 4.68. The molecule has 0 aromatic rings. The second-order valence-electron chi connectivity index (χ2n) is 2.09. The molecule has 0 bridgehead atoms. The monoisotopic (exact) mass is 160 g/mol. The lowest BCUT2D eigenvalue weighted by molar-refractivity contribution is -0.146. The molecule has 5 heteroatoms. The number of hydrogen-bond donors (Lipinski definition) is 2. The highest BCUT2D eigenvalue weighted by Crippen LogP contribution is 1.96. The van der Waals surface area contributed by atoms with Crippen LogP contribution in [0, 0.1) is 0 Å². The smallest absolute Gasteiger partial charge is 0.372 e. The number of rotatable bonds is 5.